The second-order valence-electron chi connectivity index (χ2n) is 11.9. The Morgan fingerprint density at radius 2 is 1.10 bits per heavy atom. The molecule has 0 radical (unpaired) electrons. The van der Waals surface area contributed by atoms with Crippen LogP contribution in [0.3, 0.4) is 0 Å². The van der Waals surface area contributed by atoms with Gasteiger partial charge in [-0.1, -0.05) is 109 Å². The van der Waals surface area contributed by atoms with Crippen LogP contribution in [-0.2, 0) is 0 Å². The van der Waals surface area contributed by atoms with Crippen molar-refractivity contribution in [1.82, 2.24) is 9.13 Å². The molecule has 0 spiro atoms. The Bertz CT molecular complexity index is 2760. The Kier molecular flexibility index (Phi) is 6.22. The number of rotatable bonds is 4. The van der Waals surface area contributed by atoms with Crippen LogP contribution in [0.5, 0.6) is 0 Å². The summed E-state index contributed by atoms with van der Waals surface area (Å²) in [6, 6.07) is 56.6. The highest BCUT2D eigenvalue weighted by Crippen LogP contribution is 2.43. The van der Waals surface area contributed by atoms with Gasteiger partial charge in [-0.25, -0.2) is 4.85 Å². The fourth-order valence-electron chi connectivity index (χ4n) is 7.42. The van der Waals surface area contributed by atoms with Crippen LogP contribution in [0.2, 0.25) is 0 Å². The summed E-state index contributed by atoms with van der Waals surface area (Å²) in [6.07, 6.45) is 0. The molecule has 4 heteroatoms. The van der Waals surface area contributed by atoms with Crippen molar-refractivity contribution in [3.63, 3.8) is 0 Å². The van der Waals surface area contributed by atoms with Gasteiger partial charge < -0.3 is 9.13 Å². The van der Waals surface area contributed by atoms with Crippen LogP contribution in [0.1, 0.15) is 5.56 Å². The van der Waals surface area contributed by atoms with Gasteiger partial charge in [0.05, 0.1) is 40.4 Å². The van der Waals surface area contributed by atoms with Gasteiger partial charge in [-0.15, -0.1) is 0 Å². The Morgan fingerprint density at radius 3 is 1.81 bits per heavy atom. The molecular weight excluding hydrogens is 585 g/mol. The van der Waals surface area contributed by atoms with E-state index in [9.17, 15) is 5.26 Å². The largest absolute Gasteiger partial charge is 0.310 e. The van der Waals surface area contributed by atoms with Gasteiger partial charge in [0.2, 0.25) is 0 Å². The van der Waals surface area contributed by atoms with Gasteiger partial charge in [-0.05, 0) is 70.6 Å². The van der Waals surface area contributed by atoms with E-state index in [2.05, 4.69) is 135 Å². The smallest absolute Gasteiger partial charge is 0.197 e. The van der Waals surface area contributed by atoms with Gasteiger partial charge in [-0.3, -0.25) is 0 Å². The molecule has 0 fully saturated rings. The second-order valence-corrected chi connectivity index (χ2v) is 11.9. The molecule has 2 heterocycles. The standard InChI is InChI=1S/C44H26N4/c1-46-37-21-12-26-42-44(37)36-20-6-9-24-40(36)48(42)41-25-11-14-30(28-45)43(41)35-19-3-2-16-32(35)29-13-10-15-31(27-29)47-38-22-7-4-17-33(38)34-18-5-8-23-39(34)47/h2-27H. The number of aromatic nitrogens is 2. The first-order chi connectivity index (χ1) is 23.8. The first-order valence-corrected chi connectivity index (χ1v) is 15.9. The zero-order valence-corrected chi connectivity index (χ0v) is 25.8. The minimum atomic E-state index is 0.589. The van der Waals surface area contributed by atoms with Crippen molar-refractivity contribution in [3.8, 4) is 39.7 Å². The zero-order valence-electron chi connectivity index (χ0n) is 25.8. The Balaban J connectivity index is 1.31. The van der Waals surface area contributed by atoms with Crippen molar-refractivity contribution in [2.45, 2.75) is 0 Å². The van der Waals surface area contributed by atoms with Crippen LogP contribution in [0.15, 0.2) is 158 Å². The van der Waals surface area contributed by atoms with Crippen molar-refractivity contribution in [1.29, 1.82) is 5.26 Å². The number of nitriles is 1. The summed E-state index contributed by atoms with van der Waals surface area (Å²) in [7, 11) is 0. The molecule has 0 bridgehead atoms. The molecule has 0 N–H and O–H groups in total. The maximum atomic E-state index is 10.5. The van der Waals surface area contributed by atoms with E-state index in [0.717, 1.165) is 66.5 Å². The predicted octanol–water partition coefficient (Wildman–Crippen LogP) is 11.6. The molecule has 0 saturated heterocycles. The summed E-state index contributed by atoms with van der Waals surface area (Å²) >= 11 is 0. The second kappa shape index (κ2) is 10.9. The predicted molar refractivity (Wildman–Crippen MR) is 197 cm³/mol. The van der Waals surface area contributed by atoms with Gasteiger partial charge in [-0.2, -0.15) is 5.26 Å². The highest BCUT2D eigenvalue weighted by molar-refractivity contribution is 6.16. The lowest BCUT2D eigenvalue weighted by molar-refractivity contribution is 1.18. The van der Waals surface area contributed by atoms with Crippen molar-refractivity contribution in [3.05, 3.63) is 175 Å². The minimum absolute atomic E-state index is 0.589. The zero-order chi connectivity index (χ0) is 32.2. The molecule has 2 aromatic heterocycles. The van der Waals surface area contributed by atoms with Crippen molar-refractivity contribution < 1.29 is 0 Å². The molecule has 9 aromatic rings. The molecule has 0 aliphatic carbocycles. The maximum Gasteiger partial charge on any atom is 0.197 e. The average molecular weight is 611 g/mol. The first kappa shape index (κ1) is 27.4. The van der Waals surface area contributed by atoms with E-state index in [-0.39, 0.29) is 0 Å². The fourth-order valence-corrected chi connectivity index (χ4v) is 7.42. The average Bonchev–Trinajstić information content (AvgIpc) is 3.68. The molecule has 9 rings (SSSR count). The van der Waals surface area contributed by atoms with E-state index in [0.29, 0.717) is 11.3 Å². The number of hydrogen-bond donors (Lipinski definition) is 0. The van der Waals surface area contributed by atoms with Gasteiger partial charge >= 0.3 is 0 Å². The third-order valence-corrected chi connectivity index (χ3v) is 9.39. The third kappa shape index (κ3) is 4.01. The summed E-state index contributed by atoms with van der Waals surface area (Å²) in [5.41, 5.74) is 11.3. The van der Waals surface area contributed by atoms with E-state index >= 15 is 0 Å². The maximum absolute atomic E-state index is 10.5. The minimum Gasteiger partial charge on any atom is -0.310 e. The molecule has 0 atom stereocenters. The molecule has 7 aromatic carbocycles. The first-order valence-electron chi connectivity index (χ1n) is 15.9. The van der Waals surface area contributed by atoms with E-state index in [1.807, 2.05) is 42.5 Å². The van der Waals surface area contributed by atoms with E-state index in [1.165, 1.54) is 10.8 Å². The van der Waals surface area contributed by atoms with Crippen LogP contribution in [0, 0.1) is 17.9 Å². The fraction of sp³-hybridized carbons (Fsp3) is 0. The molecule has 0 aliphatic rings. The third-order valence-electron chi connectivity index (χ3n) is 9.39. The van der Waals surface area contributed by atoms with Crippen LogP contribution < -0.4 is 0 Å². The Labute approximate surface area is 277 Å². The van der Waals surface area contributed by atoms with Crippen molar-refractivity contribution in [2.24, 2.45) is 0 Å². The van der Waals surface area contributed by atoms with E-state index < -0.39 is 0 Å². The molecule has 48 heavy (non-hydrogen) atoms. The molecule has 0 amide bonds. The lowest BCUT2D eigenvalue weighted by Gasteiger charge is -2.19. The molecule has 222 valence electrons. The van der Waals surface area contributed by atoms with Gasteiger partial charge in [0, 0.05) is 32.9 Å². The normalized spacial score (nSPS) is 11.3. The number of benzene rings is 7. The van der Waals surface area contributed by atoms with Crippen LogP contribution in [0.25, 0.3) is 82.1 Å². The van der Waals surface area contributed by atoms with Gasteiger partial charge in [0.25, 0.3) is 0 Å². The van der Waals surface area contributed by atoms with Crippen molar-refractivity contribution >= 4 is 49.3 Å². The number of para-hydroxylation sites is 3. The number of fused-ring (bicyclic) bond motifs is 6. The summed E-state index contributed by atoms with van der Waals surface area (Å²) in [4.78, 5) is 3.87. The Morgan fingerprint density at radius 1 is 0.521 bits per heavy atom. The Hall–Kier alpha value is -6.88. The van der Waals surface area contributed by atoms with Crippen LogP contribution >= 0.6 is 0 Å². The summed E-state index contributed by atoms with van der Waals surface area (Å²) in [6.45, 7) is 7.91. The molecule has 0 unspecified atom stereocenters. The number of nitrogens with zero attached hydrogens (tertiary/aromatic N) is 4. The molecule has 0 saturated carbocycles. The summed E-state index contributed by atoms with van der Waals surface area (Å²) in [5.74, 6) is 0. The van der Waals surface area contributed by atoms with Crippen molar-refractivity contribution in [2.75, 3.05) is 0 Å². The van der Waals surface area contributed by atoms with E-state index in [4.69, 9.17) is 6.57 Å². The SMILES string of the molecule is [C-]#[N+]c1cccc2c1c1ccccc1n2-c1cccc(C#N)c1-c1ccccc1-c1cccc(-n2c3ccccc3c3ccccc32)c1. The van der Waals surface area contributed by atoms with Crippen LogP contribution in [0.4, 0.5) is 5.69 Å². The van der Waals surface area contributed by atoms with Crippen LogP contribution in [-0.4, -0.2) is 9.13 Å². The van der Waals surface area contributed by atoms with Gasteiger partial charge in [0.1, 0.15) is 0 Å². The highest BCUT2D eigenvalue weighted by atomic mass is 15.0. The van der Waals surface area contributed by atoms with Gasteiger partial charge in [0.15, 0.2) is 5.69 Å². The summed E-state index contributed by atoms with van der Waals surface area (Å²) in [5, 5.41) is 14.9. The highest BCUT2D eigenvalue weighted by Gasteiger charge is 2.21. The topological polar surface area (TPSA) is 38.0 Å². The molecular formula is C44H26N4. The molecule has 0 aliphatic heterocycles. The monoisotopic (exact) mass is 610 g/mol. The lowest BCUT2D eigenvalue weighted by atomic mass is 9.90. The summed E-state index contributed by atoms with van der Waals surface area (Å²) < 4.78 is 4.54. The number of hydrogen-bond acceptors (Lipinski definition) is 1. The lowest BCUT2D eigenvalue weighted by Crippen LogP contribution is -2.00. The van der Waals surface area contributed by atoms with E-state index in [1.54, 1.807) is 0 Å². The molecule has 4 nitrogen and oxygen atoms in total. The quantitative estimate of drug-likeness (QED) is 0.183.